The molecule has 0 aliphatic carbocycles. The molecule has 1 aromatic carbocycles. The number of nitrogens with one attached hydrogen (secondary N) is 2. The van der Waals surface area contributed by atoms with Crippen LogP contribution in [0.4, 0.5) is 5.13 Å². The highest BCUT2D eigenvalue weighted by molar-refractivity contribution is 7.15. The van der Waals surface area contributed by atoms with Crippen LogP contribution in [0, 0.1) is 0 Å². The molecule has 2 heterocycles. The summed E-state index contributed by atoms with van der Waals surface area (Å²) in [5.74, 6) is -0.798. The molecule has 1 aliphatic heterocycles. The van der Waals surface area contributed by atoms with Crippen LogP contribution in [0.2, 0.25) is 5.02 Å². The van der Waals surface area contributed by atoms with Crippen molar-refractivity contribution in [3.63, 3.8) is 0 Å². The summed E-state index contributed by atoms with van der Waals surface area (Å²) in [4.78, 5) is 32.7. The Labute approximate surface area is 186 Å². The van der Waals surface area contributed by atoms with Crippen molar-refractivity contribution in [2.24, 2.45) is 0 Å². The highest BCUT2D eigenvalue weighted by atomic mass is 35.5. The second-order valence-electron chi connectivity index (χ2n) is 7.51. The average Bonchev–Trinajstić information content (AvgIpc) is 3.17. The van der Waals surface area contributed by atoms with Crippen molar-refractivity contribution >= 4 is 39.9 Å². The molecule has 0 bridgehead atoms. The minimum atomic E-state index is -0.550. The number of halogens is 1. The van der Waals surface area contributed by atoms with Gasteiger partial charge in [0, 0.05) is 22.6 Å². The predicted octanol–water partition coefficient (Wildman–Crippen LogP) is 2.77. The number of benzene rings is 1. The molecule has 1 aliphatic rings. The Balaban J connectivity index is 1.64. The smallest absolute Gasteiger partial charge is 0.237 e. The second-order valence-corrected chi connectivity index (χ2v) is 9.09. The molecule has 162 valence electrons. The number of piperidine rings is 1. The largest absolute Gasteiger partial charge is 0.375 e. The number of hydrogen-bond donors (Lipinski definition) is 3. The summed E-state index contributed by atoms with van der Waals surface area (Å²) >= 11 is 7.47. The fraction of sp³-hybridized carbons (Fsp3) is 0.476. The van der Waals surface area contributed by atoms with Crippen LogP contribution < -0.4 is 16.4 Å². The Hall–Kier alpha value is -2.16. The molecule has 0 unspecified atom stereocenters. The Morgan fingerprint density at radius 3 is 2.67 bits per heavy atom. The zero-order valence-electron chi connectivity index (χ0n) is 17.1. The van der Waals surface area contributed by atoms with Gasteiger partial charge in [-0.25, -0.2) is 4.98 Å². The number of hydrogen-bond acceptors (Lipinski definition) is 6. The first-order chi connectivity index (χ1) is 14.4. The van der Waals surface area contributed by atoms with Crippen LogP contribution in [0.1, 0.15) is 42.5 Å². The zero-order valence-corrected chi connectivity index (χ0v) is 18.6. The SMILES string of the molecule is C[C@H](C(=O)NC[C@H](C(=O)NCc1cnc(N)s1)c1cccc(Cl)c1)N1CCCCC1. The molecule has 2 atom stereocenters. The van der Waals surface area contributed by atoms with Crippen LogP contribution in [0.25, 0.3) is 0 Å². The highest BCUT2D eigenvalue weighted by Gasteiger charge is 2.26. The topological polar surface area (TPSA) is 100 Å². The number of anilines is 1. The molecule has 0 saturated carbocycles. The molecule has 9 heteroatoms. The molecule has 1 aromatic heterocycles. The first-order valence-electron chi connectivity index (χ1n) is 10.2. The van der Waals surface area contributed by atoms with E-state index in [1.54, 1.807) is 24.4 Å². The summed E-state index contributed by atoms with van der Waals surface area (Å²) < 4.78 is 0. The summed E-state index contributed by atoms with van der Waals surface area (Å²) in [7, 11) is 0. The number of carbonyl (C=O) groups is 2. The maximum absolute atomic E-state index is 13.0. The van der Waals surface area contributed by atoms with E-state index in [2.05, 4.69) is 20.5 Å². The van der Waals surface area contributed by atoms with E-state index in [0.717, 1.165) is 36.4 Å². The van der Waals surface area contributed by atoms with Crippen molar-refractivity contribution in [3.8, 4) is 0 Å². The molecular weight excluding hydrogens is 422 g/mol. The van der Waals surface area contributed by atoms with Gasteiger partial charge in [-0.2, -0.15) is 0 Å². The Bertz CT molecular complexity index is 869. The highest BCUT2D eigenvalue weighted by Crippen LogP contribution is 2.21. The first kappa shape index (κ1) is 22.5. The van der Waals surface area contributed by atoms with Crippen molar-refractivity contribution in [1.29, 1.82) is 0 Å². The molecular formula is C21H28ClN5O2S. The van der Waals surface area contributed by atoms with E-state index in [1.165, 1.54) is 17.8 Å². The van der Waals surface area contributed by atoms with Gasteiger partial charge in [0.2, 0.25) is 11.8 Å². The fourth-order valence-corrected chi connectivity index (χ4v) is 4.43. The Morgan fingerprint density at radius 1 is 1.23 bits per heavy atom. The van der Waals surface area contributed by atoms with E-state index in [4.69, 9.17) is 17.3 Å². The normalized spacial score (nSPS) is 16.6. The van der Waals surface area contributed by atoms with Crippen LogP contribution in [0.3, 0.4) is 0 Å². The van der Waals surface area contributed by atoms with Crippen molar-refractivity contribution in [3.05, 3.63) is 45.9 Å². The van der Waals surface area contributed by atoms with Crippen LogP contribution in [0.5, 0.6) is 0 Å². The van der Waals surface area contributed by atoms with Gasteiger partial charge in [0.1, 0.15) is 0 Å². The average molecular weight is 450 g/mol. The third-order valence-electron chi connectivity index (χ3n) is 5.37. The summed E-state index contributed by atoms with van der Waals surface area (Å²) in [6, 6.07) is 6.96. The summed E-state index contributed by atoms with van der Waals surface area (Å²) in [5.41, 5.74) is 6.41. The van der Waals surface area contributed by atoms with Gasteiger partial charge in [-0.1, -0.05) is 30.2 Å². The van der Waals surface area contributed by atoms with Crippen molar-refractivity contribution < 1.29 is 9.59 Å². The number of rotatable bonds is 8. The van der Waals surface area contributed by atoms with Crippen LogP contribution >= 0.6 is 22.9 Å². The standard InChI is InChI=1S/C21H28ClN5O2S/c1-14(27-8-3-2-4-9-27)19(28)25-13-18(15-6-5-7-16(22)10-15)20(29)24-11-17-12-26-21(23)30-17/h5-7,10,12,14,18H,2-4,8-9,11,13H2,1H3,(H2,23,26)(H,24,29)(H,25,28)/t14-,18+/m1/s1. The van der Waals surface area contributed by atoms with Gasteiger partial charge >= 0.3 is 0 Å². The van der Waals surface area contributed by atoms with E-state index in [1.807, 2.05) is 13.0 Å². The maximum atomic E-state index is 13.0. The van der Waals surface area contributed by atoms with E-state index < -0.39 is 5.92 Å². The third-order valence-corrected chi connectivity index (χ3v) is 6.44. The second kappa shape index (κ2) is 10.7. The Kier molecular flexibility index (Phi) is 8.07. The predicted molar refractivity (Wildman–Crippen MR) is 120 cm³/mol. The molecule has 7 nitrogen and oxygen atoms in total. The molecule has 4 N–H and O–H groups in total. The van der Waals surface area contributed by atoms with Gasteiger partial charge < -0.3 is 16.4 Å². The minimum absolute atomic E-state index is 0.0630. The van der Waals surface area contributed by atoms with Crippen LogP contribution in [-0.4, -0.2) is 47.4 Å². The lowest BCUT2D eigenvalue weighted by molar-refractivity contribution is -0.126. The number of carbonyl (C=O) groups excluding carboxylic acids is 2. The van der Waals surface area contributed by atoms with E-state index in [0.29, 0.717) is 16.7 Å². The molecule has 1 fully saturated rings. The van der Waals surface area contributed by atoms with Crippen molar-refractivity contribution in [2.45, 2.75) is 44.7 Å². The van der Waals surface area contributed by atoms with Gasteiger partial charge in [-0.3, -0.25) is 14.5 Å². The first-order valence-corrected chi connectivity index (χ1v) is 11.4. The van der Waals surface area contributed by atoms with E-state index in [-0.39, 0.29) is 24.4 Å². The van der Waals surface area contributed by atoms with Crippen molar-refractivity contribution in [1.82, 2.24) is 20.5 Å². The Morgan fingerprint density at radius 2 is 2.00 bits per heavy atom. The zero-order chi connectivity index (χ0) is 21.5. The lowest BCUT2D eigenvalue weighted by Crippen LogP contribution is -2.48. The third kappa shape index (κ3) is 6.17. The number of aromatic nitrogens is 1. The number of nitrogens with two attached hydrogens (primary N) is 1. The monoisotopic (exact) mass is 449 g/mol. The molecule has 30 heavy (non-hydrogen) atoms. The van der Waals surface area contributed by atoms with Crippen molar-refractivity contribution in [2.75, 3.05) is 25.4 Å². The van der Waals surface area contributed by atoms with E-state index >= 15 is 0 Å². The van der Waals surface area contributed by atoms with Gasteiger partial charge in [0.25, 0.3) is 0 Å². The summed E-state index contributed by atoms with van der Waals surface area (Å²) in [6.07, 6.45) is 5.10. The molecule has 1 saturated heterocycles. The lowest BCUT2D eigenvalue weighted by atomic mass is 9.97. The van der Waals surface area contributed by atoms with Gasteiger partial charge in [-0.05, 0) is 50.6 Å². The number of amides is 2. The maximum Gasteiger partial charge on any atom is 0.237 e. The lowest BCUT2D eigenvalue weighted by Gasteiger charge is -2.31. The molecule has 0 spiro atoms. The van der Waals surface area contributed by atoms with Gasteiger partial charge in [0.05, 0.1) is 18.5 Å². The van der Waals surface area contributed by atoms with Gasteiger partial charge in [0.15, 0.2) is 5.13 Å². The number of nitrogen functional groups attached to an aromatic ring is 1. The van der Waals surface area contributed by atoms with Crippen LogP contribution in [0.15, 0.2) is 30.5 Å². The van der Waals surface area contributed by atoms with Gasteiger partial charge in [-0.15, -0.1) is 11.3 Å². The minimum Gasteiger partial charge on any atom is -0.375 e. The summed E-state index contributed by atoms with van der Waals surface area (Å²) in [5, 5.41) is 6.90. The molecule has 2 amide bonds. The summed E-state index contributed by atoms with van der Waals surface area (Å²) in [6.45, 7) is 4.33. The number of likely N-dealkylation sites (tertiary alicyclic amines) is 1. The molecule has 2 aromatic rings. The van der Waals surface area contributed by atoms with Crippen LogP contribution in [-0.2, 0) is 16.1 Å². The number of nitrogens with zero attached hydrogens (tertiary/aromatic N) is 2. The fourth-order valence-electron chi connectivity index (χ4n) is 3.61. The quantitative estimate of drug-likeness (QED) is 0.575. The van der Waals surface area contributed by atoms with E-state index in [9.17, 15) is 9.59 Å². The number of thiazole rings is 1. The molecule has 3 rings (SSSR count). The molecule has 0 radical (unpaired) electrons.